The van der Waals surface area contributed by atoms with Gasteiger partial charge < -0.3 is 10.1 Å². The standard InChI is InChI=1S/C24H25FN2O3/c1-4-27(24(29)30-3)16-19(20-10-6-8-12-22(20)27)15-17(2)26-23(28)14-13-18-9-5-7-11-21(18)25/h5-14,16-17H,4,15H2,1-3H3/p+1/t17-,27?/m1/s1. The Morgan fingerprint density at radius 1 is 1.17 bits per heavy atom. The van der Waals surface area contributed by atoms with Crippen LogP contribution < -0.4 is 9.80 Å². The molecule has 0 radical (unpaired) electrons. The number of quaternary nitrogens is 1. The highest BCUT2D eigenvalue weighted by Gasteiger charge is 2.45. The number of hydrogen-bond donors (Lipinski definition) is 1. The molecule has 6 heteroatoms. The van der Waals surface area contributed by atoms with Crippen LogP contribution in [0.25, 0.3) is 11.6 Å². The van der Waals surface area contributed by atoms with Crippen LogP contribution in [-0.4, -0.2) is 31.7 Å². The Bertz CT molecular complexity index is 1020. The van der Waals surface area contributed by atoms with Crippen LogP contribution >= 0.6 is 0 Å². The van der Waals surface area contributed by atoms with E-state index >= 15 is 0 Å². The predicted octanol–water partition coefficient (Wildman–Crippen LogP) is 4.88. The lowest BCUT2D eigenvalue weighted by molar-refractivity contribution is -0.116. The van der Waals surface area contributed by atoms with Gasteiger partial charge in [-0.1, -0.05) is 30.3 Å². The summed E-state index contributed by atoms with van der Waals surface area (Å²) < 4.78 is 18.7. The minimum atomic E-state index is -0.376. The van der Waals surface area contributed by atoms with E-state index in [2.05, 4.69) is 5.32 Å². The summed E-state index contributed by atoms with van der Waals surface area (Å²) in [6, 6.07) is 13.8. The first-order valence-corrected chi connectivity index (χ1v) is 9.92. The molecule has 156 valence electrons. The number of rotatable bonds is 6. The SMILES string of the molecule is CC[N+]1(C(=O)OC)C=C(C[C@@H](C)NC(=O)C=Cc2ccccc2F)c2ccccc21. The summed E-state index contributed by atoms with van der Waals surface area (Å²) in [5, 5.41) is 2.90. The molecule has 1 aliphatic rings. The lowest BCUT2D eigenvalue weighted by Gasteiger charge is -2.25. The number of fused-ring (bicyclic) bond motifs is 1. The molecule has 3 rings (SSSR count). The van der Waals surface area contributed by atoms with Crippen molar-refractivity contribution in [1.82, 2.24) is 9.80 Å². The second-order valence-corrected chi connectivity index (χ2v) is 7.30. The normalized spacial score (nSPS) is 18.6. The molecule has 1 N–H and O–H groups in total. The van der Waals surface area contributed by atoms with E-state index in [0.717, 1.165) is 16.8 Å². The molecule has 0 fully saturated rings. The van der Waals surface area contributed by atoms with E-state index in [1.807, 2.05) is 44.3 Å². The Morgan fingerprint density at radius 2 is 1.87 bits per heavy atom. The summed E-state index contributed by atoms with van der Waals surface area (Å²) in [6.45, 7) is 4.36. The van der Waals surface area contributed by atoms with Crippen molar-refractivity contribution in [3.05, 3.63) is 77.8 Å². The van der Waals surface area contributed by atoms with Crippen molar-refractivity contribution in [2.45, 2.75) is 26.3 Å². The molecule has 1 aliphatic heterocycles. The van der Waals surface area contributed by atoms with Crippen LogP contribution in [-0.2, 0) is 9.53 Å². The zero-order chi connectivity index (χ0) is 21.7. The first-order valence-electron chi connectivity index (χ1n) is 9.92. The molecule has 2 aromatic carbocycles. The number of ether oxygens (including phenoxy) is 1. The van der Waals surface area contributed by atoms with Crippen LogP contribution in [0.1, 0.15) is 31.4 Å². The molecular weight excluding hydrogens is 383 g/mol. The van der Waals surface area contributed by atoms with E-state index in [9.17, 15) is 14.0 Å². The number of halogens is 1. The summed E-state index contributed by atoms with van der Waals surface area (Å²) in [5.41, 5.74) is 3.19. The second-order valence-electron chi connectivity index (χ2n) is 7.30. The number of para-hydroxylation sites is 1. The van der Waals surface area contributed by atoms with Crippen molar-refractivity contribution in [2.24, 2.45) is 0 Å². The number of nitrogens with one attached hydrogen (secondary N) is 1. The molecule has 0 aliphatic carbocycles. The number of carbonyl (C=O) groups excluding carboxylic acids is 2. The molecule has 2 atom stereocenters. The van der Waals surface area contributed by atoms with Crippen molar-refractivity contribution in [1.29, 1.82) is 0 Å². The number of methoxy groups -OCH3 is 1. The fraction of sp³-hybridized carbons (Fsp3) is 0.250. The van der Waals surface area contributed by atoms with E-state index in [-0.39, 0.29) is 28.3 Å². The minimum absolute atomic E-state index is 0.00411. The predicted molar refractivity (Wildman–Crippen MR) is 117 cm³/mol. The fourth-order valence-corrected chi connectivity index (χ4v) is 3.81. The average molecular weight is 409 g/mol. The molecule has 2 aromatic rings. The van der Waals surface area contributed by atoms with Crippen LogP contribution in [0.3, 0.4) is 0 Å². The lowest BCUT2D eigenvalue weighted by atomic mass is 10.0. The van der Waals surface area contributed by atoms with Gasteiger partial charge in [-0.05, 0) is 38.5 Å². The van der Waals surface area contributed by atoms with Gasteiger partial charge in [-0.15, -0.1) is 0 Å². The van der Waals surface area contributed by atoms with Gasteiger partial charge >= 0.3 is 6.09 Å². The zero-order valence-electron chi connectivity index (χ0n) is 17.4. The third kappa shape index (κ3) is 4.19. The van der Waals surface area contributed by atoms with Crippen molar-refractivity contribution in [3.63, 3.8) is 0 Å². The van der Waals surface area contributed by atoms with Crippen LogP contribution in [0.2, 0.25) is 0 Å². The maximum Gasteiger partial charge on any atom is 0.525 e. The van der Waals surface area contributed by atoms with Crippen molar-refractivity contribution < 1.29 is 18.7 Å². The van der Waals surface area contributed by atoms with Crippen molar-refractivity contribution in [3.8, 4) is 0 Å². The maximum absolute atomic E-state index is 13.7. The minimum Gasteiger partial charge on any atom is -0.423 e. The van der Waals surface area contributed by atoms with Crippen molar-refractivity contribution >= 4 is 29.3 Å². The third-order valence-corrected chi connectivity index (χ3v) is 5.29. The monoisotopic (exact) mass is 409 g/mol. The fourth-order valence-electron chi connectivity index (χ4n) is 3.81. The molecular formula is C24H26FN2O3+. The van der Waals surface area contributed by atoms with Crippen LogP contribution in [0, 0.1) is 5.82 Å². The smallest absolute Gasteiger partial charge is 0.423 e. The lowest BCUT2D eigenvalue weighted by Crippen LogP contribution is -2.48. The molecule has 2 amide bonds. The van der Waals surface area contributed by atoms with Crippen molar-refractivity contribution in [2.75, 3.05) is 13.7 Å². The highest BCUT2D eigenvalue weighted by Crippen LogP contribution is 2.42. The quantitative estimate of drug-likeness (QED) is 0.546. The van der Waals surface area contributed by atoms with Gasteiger partial charge in [-0.2, -0.15) is 9.28 Å². The van der Waals surface area contributed by atoms with Crippen LogP contribution in [0.15, 0.2) is 60.8 Å². The highest BCUT2D eigenvalue weighted by atomic mass is 19.1. The number of carbonyl (C=O) groups is 2. The number of nitrogens with zero attached hydrogens (tertiary/aromatic N) is 1. The third-order valence-electron chi connectivity index (χ3n) is 5.29. The Balaban J connectivity index is 1.74. The summed E-state index contributed by atoms with van der Waals surface area (Å²) in [4.78, 5) is 24.9. The maximum atomic E-state index is 13.7. The molecule has 0 spiro atoms. The second kappa shape index (κ2) is 9.05. The summed E-state index contributed by atoms with van der Waals surface area (Å²) in [5.74, 6) is -0.680. The van der Waals surface area contributed by atoms with E-state index in [1.165, 1.54) is 25.3 Å². The molecule has 0 saturated carbocycles. The molecule has 1 unspecified atom stereocenters. The van der Waals surface area contributed by atoms with Gasteiger partial charge in [-0.3, -0.25) is 4.79 Å². The molecule has 0 bridgehead atoms. The van der Waals surface area contributed by atoms with Gasteiger partial charge in [0.25, 0.3) is 0 Å². The van der Waals surface area contributed by atoms with Gasteiger partial charge in [0.2, 0.25) is 5.91 Å². The Morgan fingerprint density at radius 3 is 2.57 bits per heavy atom. The molecule has 30 heavy (non-hydrogen) atoms. The first-order chi connectivity index (χ1) is 14.4. The Kier molecular flexibility index (Phi) is 6.47. The van der Waals surface area contributed by atoms with E-state index in [1.54, 1.807) is 18.2 Å². The van der Waals surface area contributed by atoms with E-state index in [4.69, 9.17) is 4.74 Å². The van der Waals surface area contributed by atoms with Gasteiger partial charge in [0.15, 0.2) is 5.69 Å². The van der Waals surface area contributed by atoms with Crippen LogP contribution in [0.4, 0.5) is 14.9 Å². The number of benzene rings is 2. The molecule has 1 heterocycles. The average Bonchev–Trinajstić information content (AvgIpc) is 3.07. The summed E-state index contributed by atoms with van der Waals surface area (Å²) >= 11 is 0. The Labute approximate surface area is 176 Å². The molecule has 0 aromatic heterocycles. The zero-order valence-corrected chi connectivity index (χ0v) is 17.4. The van der Waals surface area contributed by atoms with Gasteiger partial charge in [0, 0.05) is 34.9 Å². The molecule has 5 nitrogen and oxygen atoms in total. The summed E-state index contributed by atoms with van der Waals surface area (Å²) in [6.07, 6.45) is 4.90. The largest absolute Gasteiger partial charge is 0.525 e. The first kappa shape index (κ1) is 21.5. The highest BCUT2D eigenvalue weighted by molar-refractivity contribution is 5.96. The number of hydrogen-bond acceptors (Lipinski definition) is 3. The van der Waals surface area contributed by atoms with Gasteiger partial charge in [-0.25, -0.2) is 4.39 Å². The summed E-state index contributed by atoms with van der Waals surface area (Å²) in [7, 11) is 1.39. The van der Waals surface area contributed by atoms with Gasteiger partial charge in [0.05, 0.1) is 13.7 Å². The number of amides is 2. The van der Waals surface area contributed by atoms with Gasteiger partial charge in [0.1, 0.15) is 12.0 Å². The molecule has 0 saturated heterocycles. The van der Waals surface area contributed by atoms with E-state index < -0.39 is 0 Å². The van der Waals surface area contributed by atoms with Crippen LogP contribution in [0.5, 0.6) is 0 Å². The van der Waals surface area contributed by atoms with E-state index in [0.29, 0.717) is 18.5 Å². The topological polar surface area (TPSA) is 55.4 Å². The Hall–Kier alpha value is -3.25.